The highest BCUT2D eigenvalue weighted by atomic mass is 16.5. The van der Waals surface area contributed by atoms with Crippen LogP contribution in [0.5, 0.6) is 5.75 Å². The van der Waals surface area contributed by atoms with Gasteiger partial charge in [-0.25, -0.2) is 0 Å². The van der Waals surface area contributed by atoms with Crippen molar-refractivity contribution in [1.82, 2.24) is 19.6 Å². The van der Waals surface area contributed by atoms with Crippen molar-refractivity contribution in [1.29, 1.82) is 0 Å². The minimum atomic E-state index is -0.00929. The number of carbonyl (C=O) groups excluding carboxylic acids is 2. The fourth-order valence-corrected chi connectivity index (χ4v) is 4.12. The zero-order chi connectivity index (χ0) is 19.7. The summed E-state index contributed by atoms with van der Waals surface area (Å²) in [6.45, 7) is 2.13. The molecule has 0 N–H and O–H groups in total. The fraction of sp³-hybridized carbons (Fsp3) is 0.476. The topological polar surface area (TPSA) is 67.7 Å². The van der Waals surface area contributed by atoms with Gasteiger partial charge in [-0.15, -0.1) is 0 Å². The number of nitrogens with zero attached hydrogens (tertiary/aromatic N) is 4. The Bertz CT molecular complexity index is 880. The Balaban J connectivity index is 1.41. The number of hydrogen-bond acceptors (Lipinski definition) is 4. The molecule has 0 saturated carbocycles. The van der Waals surface area contributed by atoms with E-state index in [4.69, 9.17) is 4.74 Å². The lowest BCUT2D eigenvalue weighted by atomic mass is 9.95. The monoisotopic (exact) mass is 382 g/mol. The Morgan fingerprint density at radius 2 is 1.54 bits per heavy atom. The van der Waals surface area contributed by atoms with Crippen LogP contribution >= 0.6 is 0 Å². The third-order valence-corrected chi connectivity index (χ3v) is 5.76. The molecule has 28 heavy (non-hydrogen) atoms. The Hall–Kier alpha value is -2.83. The van der Waals surface area contributed by atoms with E-state index in [1.807, 2.05) is 16.6 Å². The lowest BCUT2D eigenvalue weighted by Crippen LogP contribution is -2.50. The molecule has 2 heterocycles. The van der Waals surface area contributed by atoms with Crippen LogP contribution in [0.25, 0.3) is 0 Å². The largest absolute Gasteiger partial charge is 0.497 e. The van der Waals surface area contributed by atoms with Gasteiger partial charge in [0.25, 0.3) is 11.8 Å². The van der Waals surface area contributed by atoms with Gasteiger partial charge in [0.15, 0.2) is 5.69 Å². The van der Waals surface area contributed by atoms with Crippen molar-refractivity contribution < 1.29 is 14.3 Å². The number of amides is 2. The number of piperazine rings is 1. The first-order chi connectivity index (χ1) is 13.6. The molecule has 2 aliphatic rings. The first kappa shape index (κ1) is 18.5. The molecule has 0 unspecified atom stereocenters. The van der Waals surface area contributed by atoms with E-state index in [-0.39, 0.29) is 11.8 Å². The van der Waals surface area contributed by atoms with Crippen molar-refractivity contribution in [3.05, 3.63) is 46.8 Å². The lowest BCUT2D eigenvalue weighted by molar-refractivity contribution is 0.0531. The quantitative estimate of drug-likeness (QED) is 0.813. The standard InChI is InChI=1S/C21H26N4O3/c1-23-18-6-4-3-5-17(18)19(22-23)21(27)25-13-11-24(12-14-25)20(26)15-7-9-16(28-2)10-8-15/h7-10H,3-6,11-14H2,1-2H3. The molecule has 1 fully saturated rings. The zero-order valence-electron chi connectivity index (χ0n) is 16.5. The summed E-state index contributed by atoms with van der Waals surface area (Å²) < 4.78 is 7.01. The van der Waals surface area contributed by atoms with Gasteiger partial charge in [0, 0.05) is 50.0 Å². The van der Waals surface area contributed by atoms with Crippen molar-refractivity contribution in [2.24, 2.45) is 7.05 Å². The molecule has 7 nitrogen and oxygen atoms in total. The van der Waals surface area contributed by atoms with Crippen LogP contribution in [0.3, 0.4) is 0 Å². The van der Waals surface area contributed by atoms with Crippen LogP contribution in [0.2, 0.25) is 0 Å². The van der Waals surface area contributed by atoms with Gasteiger partial charge in [-0.2, -0.15) is 5.10 Å². The fourth-order valence-electron chi connectivity index (χ4n) is 4.12. The Kier molecular flexibility index (Phi) is 5.07. The Labute approximate surface area is 164 Å². The molecule has 2 aromatic rings. The summed E-state index contributed by atoms with van der Waals surface area (Å²) in [6, 6.07) is 7.13. The third kappa shape index (κ3) is 3.37. The average Bonchev–Trinajstić information content (AvgIpc) is 3.10. The third-order valence-electron chi connectivity index (χ3n) is 5.76. The SMILES string of the molecule is COc1ccc(C(=O)N2CCN(C(=O)c3nn(C)c4c3CCCC4)CC2)cc1. The van der Waals surface area contributed by atoms with Gasteiger partial charge in [-0.3, -0.25) is 14.3 Å². The molecular weight excluding hydrogens is 356 g/mol. The van der Waals surface area contributed by atoms with E-state index in [2.05, 4.69) is 5.10 Å². The van der Waals surface area contributed by atoms with Gasteiger partial charge in [-0.1, -0.05) is 0 Å². The Morgan fingerprint density at radius 3 is 2.18 bits per heavy atom. The van der Waals surface area contributed by atoms with E-state index >= 15 is 0 Å². The first-order valence-corrected chi connectivity index (χ1v) is 9.86. The van der Waals surface area contributed by atoms with Crippen LogP contribution in [0.15, 0.2) is 24.3 Å². The average molecular weight is 382 g/mol. The number of aromatic nitrogens is 2. The minimum absolute atomic E-state index is 0.00436. The zero-order valence-corrected chi connectivity index (χ0v) is 16.5. The van der Waals surface area contributed by atoms with Crippen molar-refractivity contribution in [2.45, 2.75) is 25.7 Å². The van der Waals surface area contributed by atoms with Crippen molar-refractivity contribution in [3.63, 3.8) is 0 Å². The summed E-state index contributed by atoms with van der Waals surface area (Å²) in [5.74, 6) is 0.714. The maximum Gasteiger partial charge on any atom is 0.274 e. The molecule has 1 aromatic carbocycles. The maximum atomic E-state index is 13.0. The second kappa shape index (κ2) is 7.66. The van der Waals surface area contributed by atoms with Crippen molar-refractivity contribution >= 4 is 11.8 Å². The molecule has 1 saturated heterocycles. The van der Waals surface area contributed by atoms with Crippen LogP contribution < -0.4 is 4.74 Å². The van der Waals surface area contributed by atoms with E-state index < -0.39 is 0 Å². The summed E-state index contributed by atoms with van der Waals surface area (Å²) in [6.07, 6.45) is 4.20. The molecular formula is C21H26N4O3. The molecule has 1 aliphatic heterocycles. The number of benzene rings is 1. The predicted octanol–water partition coefficient (Wildman–Crippen LogP) is 1.91. The van der Waals surface area contributed by atoms with Crippen LogP contribution in [0.4, 0.5) is 0 Å². The number of rotatable bonds is 3. The second-order valence-corrected chi connectivity index (χ2v) is 7.42. The molecule has 7 heteroatoms. The van der Waals surface area contributed by atoms with Crippen LogP contribution in [0.1, 0.15) is 44.9 Å². The molecule has 4 rings (SSSR count). The van der Waals surface area contributed by atoms with E-state index in [0.29, 0.717) is 37.4 Å². The van der Waals surface area contributed by atoms with Gasteiger partial charge in [-0.05, 0) is 49.9 Å². The summed E-state index contributed by atoms with van der Waals surface area (Å²) in [4.78, 5) is 29.4. The van der Waals surface area contributed by atoms with Gasteiger partial charge in [0.1, 0.15) is 5.75 Å². The molecule has 2 amide bonds. The van der Waals surface area contributed by atoms with E-state index in [9.17, 15) is 9.59 Å². The molecule has 0 radical (unpaired) electrons. The van der Waals surface area contributed by atoms with E-state index in [1.165, 1.54) is 5.69 Å². The number of ether oxygens (including phenoxy) is 1. The molecule has 1 aliphatic carbocycles. The highest BCUT2D eigenvalue weighted by molar-refractivity contribution is 5.96. The number of methoxy groups -OCH3 is 1. The molecule has 0 spiro atoms. The van der Waals surface area contributed by atoms with E-state index in [1.54, 1.807) is 36.3 Å². The summed E-state index contributed by atoms with van der Waals surface area (Å²) in [7, 11) is 3.53. The highest BCUT2D eigenvalue weighted by Crippen LogP contribution is 2.25. The highest BCUT2D eigenvalue weighted by Gasteiger charge is 2.30. The number of carbonyl (C=O) groups is 2. The van der Waals surface area contributed by atoms with Gasteiger partial charge >= 0.3 is 0 Å². The summed E-state index contributed by atoms with van der Waals surface area (Å²) >= 11 is 0. The molecule has 148 valence electrons. The van der Waals surface area contributed by atoms with Crippen LogP contribution in [0, 0.1) is 0 Å². The number of aryl methyl sites for hydroxylation is 1. The number of fused-ring (bicyclic) bond motifs is 1. The van der Waals surface area contributed by atoms with Crippen molar-refractivity contribution in [2.75, 3.05) is 33.3 Å². The first-order valence-electron chi connectivity index (χ1n) is 9.86. The van der Waals surface area contributed by atoms with Gasteiger partial charge in [0.05, 0.1) is 7.11 Å². The second-order valence-electron chi connectivity index (χ2n) is 7.42. The molecule has 0 bridgehead atoms. The molecule has 1 aromatic heterocycles. The van der Waals surface area contributed by atoms with Crippen LogP contribution in [-0.4, -0.2) is 64.7 Å². The number of hydrogen-bond donors (Lipinski definition) is 0. The Morgan fingerprint density at radius 1 is 0.929 bits per heavy atom. The summed E-state index contributed by atoms with van der Waals surface area (Å²) in [5, 5.41) is 4.52. The van der Waals surface area contributed by atoms with Gasteiger partial charge < -0.3 is 14.5 Å². The normalized spacial score (nSPS) is 16.6. The van der Waals surface area contributed by atoms with Crippen molar-refractivity contribution in [3.8, 4) is 5.75 Å². The van der Waals surface area contributed by atoms with Crippen LogP contribution in [-0.2, 0) is 19.9 Å². The van der Waals surface area contributed by atoms with E-state index in [0.717, 1.165) is 37.0 Å². The van der Waals surface area contributed by atoms with Gasteiger partial charge in [0.2, 0.25) is 0 Å². The maximum absolute atomic E-state index is 13.0. The lowest BCUT2D eigenvalue weighted by Gasteiger charge is -2.34. The minimum Gasteiger partial charge on any atom is -0.497 e. The summed E-state index contributed by atoms with van der Waals surface area (Å²) in [5.41, 5.74) is 3.56. The smallest absolute Gasteiger partial charge is 0.274 e. The molecule has 0 atom stereocenters. The predicted molar refractivity (Wildman–Crippen MR) is 105 cm³/mol.